The lowest BCUT2D eigenvalue weighted by Crippen LogP contribution is -2.32. The molecule has 26 heavy (non-hydrogen) atoms. The van der Waals surface area contributed by atoms with E-state index in [0.29, 0.717) is 36.5 Å². The van der Waals surface area contributed by atoms with Crippen molar-refractivity contribution in [3.63, 3.8) is 0 Å². The Bertz CT molecular complexity index is 738. The summed E-state index contributed by atoms with van der Waals surface area (Å²) >= 11 is 0. The fourth-order valence-corrected chi connectivity index (χ4v) is 2.71. The first-order chi connectivity index (χ1) is 12.6. The third-order valence-electron chi connectivity index (χ3n) is 4.12. The number of carbonyl (C=O) groups is 2. The van der Waals surface area contributed by atoms with Crippen LogP contribution >= 0.6 is 0 Å². The van der Waals surface area contributed by atoms with Gasteiger partial charge in [-0.15, -0.1) is 0 Å². The molecule has 6 heteroatoms. The molecule has 0 saturated carbocycles. The maximum atomic E-state index is 12.5. The van der Waals surface area contributed by atoms with Crippen molar-refractivity contribution in [3.05, 3.63) is 47.3 Å². The Morgan fingerprint density at radius 2 is 1.81 bits per heavy atom. The van der Waals surface area contributed by atoms with Gasteiger partial charge in [0.15, 0.2) is 0 Å². The zero-order valence-electron chi connectivity index (χ0n) is 15.7. The van der Waals surface area contributed by atoms with E-state index in [2.05, 4.69) is 17.3 Å². The number of unbranched alkanes of at least 4 members (excludes halogenated alkanes) is 1. The van der Waals surface area contributed by atoms with Gasteiger partial charge in [-0.2, -0.15) is 5.10 Å². The Hall–Kier alpha value is -2.47. The van der Waals surface area contributed by atoms with Crippen LogP contribution < -0.4 is 5.32 Å². The van der Waals surface area contributed by atoms with Crippen molar-refractivity contribution in [2.75, 3.05) is 19.8 Å². The minimum absolute atomic E-state index is 0.366. The molecule has 0 saturated heterocycles. The highest BCUT2D eigenvalue weighted by molar-refractivity contribution is 6.43. The van der Waals surface area contributed by atoms with Gasteiger partial charge in [0.1, 0.15) is 0 Å². The van der Waals surface area contributed by atoms with E-state index < -0.39 is 11.7 Å². The van der Waals surface area contributed by atoms with Crippen molar-refractivity contribution >= 4 is 11.7 Å². The van der Waals surface area contributed by atoms with E-state index in [1.165, 1.54) is 0 Å². The number of nitrogens with one attached hydrogen (secondary N) is 1. The van der Waals surface area contributed by atoms with E-state index in [0.717, 1.165) is 25.1 Å². The van der Waals surface area contributed by atoms with Crippen LogP contribution in [0.3, 0.4) is 0 Å². The number of hydrogen-bond acceptors (Lipinski definition) is 4. The number of rotatable bonds is 10. The van der Waals surface area contributed by atoms with Crippen molar-refractivity contribution < 1.29 is 14.3 Å². The first-order valence-electron chi connectivity index (χ1n) is 9.08. The highest BCUT2D eigenvalue weighted by atomic mass is 16.5. The van der Waals surface area contributed by atoms with Gasteiger partial charge in [0.25, 0.3) is 11.7 Å². The fourth-order valence-electron chi connectivity index (χ4n) is 2.71. The summed E-state index contributed by atoms with van der Waals surface area (Å²) in [5, 5.41) is 7.09. The molecule has 0 bridgehead atoms. The number of amides is 1. The van der Waals surface area contributed by atoms with Gasteiger partial charge < -0.3 is 10.1 Å². The molecular weight excluding hydrogens is 330 g/mol. The number of nitrogens with zero attached hydrogens (tertiary/aromatic N) is 2. The summed E-state index contributed by atoms with van der Waals surface area (Å²) in [7, 11) is 0. The molecule has 0 aliphatic heterocycles. The van der Waals surface area contributed by atoms with Gasteiger partial charge in [-0.25, -0.2) is 4.68 Å². The quantitative estimate of drug-likeness (QED) is 0.403. The van der Waals surface area contributed by atoms with Crippen LogP contribution in [0.1, 0.15) is 47.9 Å². The third-order valence-corrected chi connectivity index (χ3v) is 4.12. The first-order valence-corrected chi connectivity index (χ1v) is 9.08. The van der Waals surface area contributed by atoms with Crippen molar-refractivity contribution in [2.45, 2.75) is 40.0 Å². The molecule has 1 aromatic heterocycles. The number of para-hydroxylation sites is 1. The van der Waals surface area contributed by atoms with Crippen LogP contribution in [-0.4, -0.2) is 41.2 Å². The molecule has 0 aliphatic carbocycles. The van der Waals surface area contributed by atoms with Gasteiger partial charge in [0, 0.05) is 19.8 Å². The molecule has 1 heterocycles. The summed E-state index contributed by atoms with van der Waals surface area (Å²) < 4.78 is 7.13. The largest absolute Gasteiger partial charge is 0.381 e. The first kappa shape index (κ1) is 19.8. The molecule has 0 aliphatic rings. The summed E-state index contributed by atoms with van der Waals surface area (Å²) in [6, 6.07) is 9.55. The van der Waals surface area contributed by atoms with E-state index in [1.807, 2.05) is 30.3 Å². The maximum absolute atomic E-state index is 12.5. The highest BCUT2D eigenvalue weighted by Gasteiger charge is 2.24. The summed E-state index contributed by atoms with van der Waals surface area (Å²) in [5.41, 5.74) is 2.44. The second kappa shape index (κ2) is 9.87. The van der Waals surface area contributed by atoms with Gasteiger partial charge in [-0.3, -0.25) is 9.59 Å². The average Bonchev–Trinajstić information content (AvgIpc) is 2.95. The van der Waals surface area contributed by atoms with E-state index in [9.17, 15) is 9.59 Å². The number of ether oxygens (including phenoxy) is 1. The molecule has 1 N–H and O–H groups in total. The van der Waals surface area contributed by atoms with E-state index >= 15 is 0 Å². The SMILES string of the molecule is CCCCOCCCNC(=O)C(=O)c1c(C)nn(-c2ccccc2)c1C. The fraction of sp³-hybridized carbons (Fsp3) is 0.450. The Kier molecular flexibility index (Phi) is 7.53. The zero-order chi connectivity index (χ0) is 18.9. The van der Waals surface area contributed by atoms with Crippen LogP contribution in [0.2, 0.25) is 0 Å². The number of ketones is 1. The molecule has 1 aromatic carbocycles. The van der Waals surface area contributed by atoms with Gasteiger partial charge in [0.2, 0.25) is 0 Å². The van der Waals surface area contributed by atoms with E-state index in [4.69, 9.17) is 4.74 Å². The molecule has 0 unspecified atom stereocenters. The monoisotopic (exact) mass is 357 g/mol. The molecule has 0 fully saturated rings. The van der Waals surface area contributed by atoms with E-state index in [-0.39, 0.29) is 0 Å². The number of benzene rings is 1. The number of aryl methyl sites for hydroxylation is 1. The topological polar surface area (TPSA) is 73.2 Å². The predicted molar refractivity (Wildman–Crippen MR) is 101 cm³/mol. The van der Waals surface area contributed by atoms with Crippen LogP contribution in [0.25, 0.3) is 5.69 Å². The minimum atomic E-state index is -0.600. The molecule has 1 amide bonds. The van der Waals surface area contributed by atoms with Crippen molar-refractivity contribution in [3.8, 4) is 5.69 Å². The minimum Gasteiger partial charge on any atom is -0.381 e. The molecular formula is C20H27N3O3. The Labute approximate surface area is 154 Å². The lowest BCUT2D eigenvalue weighted by Gasteiger charge is -2.06. The van der Waals surface area contributed by atoms with Crippen molar-refractivity contribution in [2.24, 2.45) is 0 Å². The number of carbonyl (C=O) groups excluding carboxylic acids is 2. The molecule has 140 valence electrons. The van der Waals surface area contributed by atoms with Gasteiger partial charge in [0.05, 0.1) is 22.6 Å². The van der Waals surface area contributed by atoms with Crippen LogP contribution in [0.5, 0.6) is 0 Å². The Morgan fingerprint density at radius 1 is 1.12 bits per heavy atom. The molecule has 2 aromatic rings. The summed E-state index contributed by atoms with van der Waals surface area (Å²) in [4.78, 5) is 24.7. The van der Waals surface area contributed by atoms with Crippen LogP contribution in [0, 0.1) is 13.8 Å². The van der Waals surface area contributed by atoms with Crippen molar-refractivity contribution in [1.29, 1.82) is 0 Å². The number of hydrogen-bond donors (Lipinski definition) is 1. The molecule has 0 spiro atoms. The van der Waals surface area contributed by atoms with Gasteiger partial charge in [-0.1, -0.05) is 31.5 Å². The average molecular weight is 357 g/mol. The normalized spacial score (nSPS) is 10.7. The molecule has 6 nitrogen and oxygen atoms in total. The van der Waals surface area contributed by atoms with E-state index in [1.54, 1.807) is 18.5 Å². The van der Waals surface area contributed by atoms with Crippen molar-refractivity contribution in [1.82, 2.24) is 15.1 Å². The zero-order valence-corrected chi connectivity index (χ0v) is 15.7. The Morgan fingerprint density at radius 3 is 2.50 bits per heavy atom. The van der Waals surface area contributed by atoms with Gasteiger partial charge >= 0.3 is 0 Å². The lowest BCUT2D eigenvalue weighted by atomic mass is 10.1. The molecule has 0 radical (unpaired) electrons. The smallest absolute Gasteiger partial charge is 0.292 e. The van der Waals surface area contributed by atoms with Gasteiger partial charge in [-0.05, 0) is 38.8 Å². The predicted octanol–water partition coefficient (Wildman–Crippen LogP) is 2.99. The second-order valence-electron chi connectivity index (χ2n) is 6.20. The number of aromatic nitrogens is 2. The number of Topliss-reactive ketones (excluding diaryl/α,β-unsaturated/α-hetero) is 1. The van der Waals surface area contributed by atoms with Crippen LogP contribution in [-0.2, 0) is 9.53 Å². The lowest BCUT2D eigenvalue weighted by molar-refractivity contribution is -0.117. The second-order valence-corrected chi connectivity index (χ2v) is 6.20. The third kappa shape index (κ3) is 5.02. The van der Waals surface area contributed by atoms with Crippen LogP contribution in [0.15, 0.2) is 30.3 Å². The maximum Gasteiger partial charge on any atom is 0.292 e. The Balaban J connectivity index is 1.95. The summed E-state index contributed by atoms with van der Waals surface area (Å²) in [5.74, 6) is -1.15. The molecule has 2 rings (SSSR count). The molecule has 0 atom stereocenters. The van der Waals surface area contributed by atoms with Crippen LogP contribution in [0.4, 0.5) is 0 Å². The highest BCUT2D eigenvalue weighted by Crippen LogP contribution is 2.18. The summed E-state index contributed by atoms with van der Waals surface area (Å²) in [6.45, 7) is 7.39. The standard InChI is InChI=1S/C20H27N3O3/c1-4-5-13-26-14-9-12-21-20(25)19(24)18-15(2)22-23(16(18)3)17-10-7-6-8-11-17/h6-8,10-11H,4-5,9,12-14H2,1-3H3,(H,21,25). The summed E-state index contributed by atoms with van der Waals surface area (Å²) in [6.07, 6.45) is 2.82.